The van der Waals surface area contributed by atoms with Crippen molar-refractivity contribution in [3.05, 3.63) is 35.9 Å². The molecule has 2 heteroatoms. The van der Waals surface area contributed by atoms with E-state index < -0.39 is 0 Å². The van der Waals surface area contributed by atoms with Crippen LogP contribution >= 0.6 is 0 Å². The van der Waals surface area contributed by atoms with Gasteiger partial charge in [-0.25, -0.2) is 0 Å². The van der Waals surface area contributed by atoms with E-state index in [9.17, 15) is 0 Å². The molecule has 1 heterocycles. The molecular formula is C16H26N2. The lowest BCUT2D eigenvalue weighted by atomic mass is 9.94. The Bertz CT molecular complexity index is 349. The van der Waals surface area contributed by atoms with Crippen LogP contribution < -0.4 is 5.73 Å². The van der Waals surface area contributed by atoms with E-state index in [4.69, 9.17) is 5.73 Å². The predicted molar refractivity (Wildman–Crippen MR) is 77.6 cm³/mol. The molecule has 1 saturated heterocycles. The van der Waals surface area contributed by atoms with Crippen LogP contribution in [0.2, 0.25) is 0 Å². The molecule has 1 aromatic carbocycles. The minimum Gasteiger partial charge on any atom is -0.328 e. The Labute approximate surface area is 111 Å². The molecule has 2 N–H and O–H groups in total. The van der Waals surface area contributed by atoms with Crippen LogP contribution in [0.15, 0.2) is 30.3 Å². The average Bonchev–Trinajstić information content (AvgIpc) is 2.38. The van der Waals surface area contributed by atoms with Crippen molar-refractivity contribution in [3.8, 4) is 0 Å². The summed E-state index contributed by atoms with van der Waals surface area (Å²) in [6.07, 6.45) is 4.67. The van der Waals surface area contributed by atoms with Crippen molar-refractivity contribution in [1.29, 1.82) is 0 Å². The molecule has 2 nitrogen and oxygen atoms in total. The number of hydrogen-bond donors (Lipinski definition) is 1. The number of benzene rings is 1. The van der Waals surface area contributed by atoms with E-state index in [0.29, 0.717) is 18.1 Å². The van der Waals surface area contributed by atoms with Crippen LogP contribution in [0.5, 0.6) is 0 Å². The first-order valence-electron chi connectivity index (χ1n) is 7.26. The molecule has 1 fully saturated rings. The molecule has 1 aromatic rings. The van der Waals surface area contributed by atoms with E-state index in [1.807, 2.05) is 0 Å². The molecule has 0 saturated carbocycles. The molecule has 3 unspecified atom stereocenters. The summed E-state index contributed by atoms with van der Waals surface area (Å²) in [4.78, 5) is 2.66. The van der Waals surface area contributed by atoms with Crippen LogP contribution in [0.3, 0.4) is 0 Å². The van der Waals surface area contributed by atoms with Gasteiger partial charge < -0.3 is 5.73 Å². The van der Waals surface area contributed by atoms with Crippen molar-refractivity contribution < 1.29 is 0 Å². The summed E-state index contributed by atoms with van der Waals surface area (Å²) in [6, 6.07) is 12.5. The SMILES string of the molecule is CCC(Cc1ccccc1)N1CCC(N)CC1C. The Hall–Kier alpha value is -0.860. The first-order valence-corrected chi connectivity index (χ1v) is 7.26. The van der Waals surface area contributed by atoms with Crippen molar-refractivity contribution in [2.75, 3.05) is 6.54 Å². The van der Waals surface area contributed by atoms with Gasteiger partial charge in [0.2, 0.25) is 0 Å². The van der Waals surface area contributed by atoms with E-state index in [2.05, 4.69) is 49.1 Å². The topological polar surface area (TPSA) is 29.3 Å². The van der Waals surface area contributed by atoms with Gasteiger partial charge in [0.25, 0.3) is 0 Å². The van der Waals surface area contributed by atoms with Crippen LogP contribution in [0.4, 0.5) is 0 Å². The number of likely N-dealkylation sites (tertiary alicyclic amines) is 1. The second kappa shape index (κ2) is 6.35. The summed E-state index contributed by atoms with van der Waals surface area (Å²) < 4.78 is 0. The van der Waals surface area contributed by atoms with Gasteiger partial charge in [-0.2, -0.15) is 0 Å². The highest BCUT2D eigenvalue weighted by Crippen LogP contribution is 2.22. The summed E-state index contributed by atoms with van der Waals surface area (Å²) in [5, 5.41) is 0. The largest absolute Gasteiger partial charge is 0.328 e. The zero-order chi connectivity index (χ0) is 13.0. The van der Waals surface area contributed by atoms with E-state index in [1.165, 1.54) is 12.0 Å². The summed E-state index contributed by atoms with van der Waals surface area (Å²) in [6.45, 7) is 5.79. The zero-order valence-electron chi connectivity index (χ0n) is 11.7. The standard InChI is InChI=1S/C16H26N2/c1-3-16(12-14-7-5-4-6-8-14)18-10-9-15(17)11-13(18)2/h4-8,13,15-16H,3,9-12,17H2,1-2H3. The Morgan fingerprint density at radius 2 is 2.06 bits per heavy atom. The van der Waals surface area contributed by atoms with Crippen LogP contribution in [0, 0.1) is 0 Å². The lowest BCUT2D eigenvalue weighted by molar-refractivity contribution is 0.0928. The van der Waals surface area contributed by atoms with Gasteiger partial charge in [0.1, 0.15) is 0 Å². The lowest BCUT2D eigenvalue weighted by Gasteiger charge is -2.41. The Morgan fingerprint density at radius 3 is 2.67 bits per heavy atom. The molecule has 2 rings (SSSR count). The van der Waals surface area contributed by atoms with Gasteiger partial charge >= 0.3 is 0 Å². The fourth-order valence-corrected chi connectivity index (χ4v) is 3.15. The van der Waals surface area contributed by atoms with Crippen molar-refractivity contribution in [2.45, 2.75) is 57.7 Å². The van der Waals surface area contributed by atoms with Gasteiger partial charge in [0, 0.05) is 24.7 Å². The number of rotatable bonds is 4. The number of nitrogens with zero attached hydrogens (tertiary/aromatic N) is 1. The summed E-state index contributed by atoms with van der Waals surface area (Å²) in [5.41, 5.74) is 7.51. The zero-order valence-corrected chi connectivity index (χ0v) is 11.7. The minimum absolute atomic E-state index is 0.408. The highest BCUT2D eigenvalue weighted by atomic mass is 15.2. The molecule has 3 atom stereocenters. The van der Waals surface area contributed by atoms with Crippen LogP contribution in [0.1, 0.15) is 38.7 Å². The molecular weight excluding hydrogens is 220 g/mol. The van der Waals surface area contributed by atoms with Crippen molar-refractivity contribution in [2.24, 2.45) is 5.73 Å². The average molecular weight is 246 g/mol. The van der Waals surface area contributed by atoms with Gasteiger partial charge in [0.05, 0.1) is 0 Å². The van der Waals surface area contributed by atoms with E-state index in [1.54, 1.807) is 0 Å². The Morgan fingerprint density at radius 1 is 1.33 bits per heavy atom. The molecule has 0 aliphatic carbocycles. The summed E-state index contributed by atoms with van der Waals surface area (Å²) in [5.74, 6) is 0. The Balaban J connectivity index is 2.00. The molecule has 1 aliphatic rings. The minimum atomic E-state index is 0.408. The van der Waals surface area contributed by atoms with Gasteiger partial charge in [-0.15, -0.1) is 0 Å². The van der Waals surface area contributed by atoms with Crippen molar-refractivity contribution in [1.82, 2.24) is 4.90 Å². The van der Waals surface area contributed by atoms with E-state index in [-0.39, 0.29) is 0 Å². The highest BCUT2D eigenvalue weighted by molar-refractivity contribution is 5.16. The van der Waals surface area contributed by atoms with Crippen LogP contribution in [-0.4, -0.2) is 29.6 Å². The summed E-state index contributed by atoms with van der Waals surface area (Å²) >= 11 is 0. The molecule has 0 aromatic heterocycles. The monoisotopic (exact) mass is 246 g/mol. The second-order valence-electron chi connectivity index (χ2n) is 5.62. The van der Waals surface area contributed by atoms with Gasteiger partial charge in [-0.05, 0) is 38.2 Å². The van der Waals surface area contributed by atoms with E-state index >= 15 is 0 Å². The molecule has 0 spiro atoms. The van der Waals surface area contributed by atoms with Crippen LogP contribution in [0.25, 0.3) is 0 Å². The highest BCUT2D eigenvalue weighted by Gasteiger charge is 2.28. The molecule has 0 amide bonds. The molecule has 1 aliphatic heterocycles. The number of piperidine rings is 1. The maximum atomic E-state index is 6.05. The predicted octanol–water partition coefficient (Wildman–Crippen LogP) is 2.82. The smallest absolute Gasteiger partial charge is 0.0136 e. The first-order chi connectivity index (χ1) is 8.70. The number of nitrogens with two attached hydrogens (primary N) is 1. The fraction of sp³-hybridized carbons (Fsp3) is 0.625. The maximum Gasteiger partial charge on any atom is 0.0136 e. The molecule has 0 bridgehead atoms. The van der Waals surface area contributed by atoms with Gasteiger partial charge in [-0.1, -0.05) is 37.3 Å². The molecule has 18 heavy (non-hydrogen) atoms. The first kappa shape index (κ1) is 13.6. The van der Waals surface area contributed by atoms with E-state index in [0.717, 1.165) is 25.8 Å². The van der Waals surface area contributed by atoms with Gasteiger partial charge in [-0.3, -0.25) is 4.90 Å². The van der Waals surface area contributed by atoms with Gasteiger partial charge in [0.15, 0.2) is 0 Å². The normalized spacial score (nSPS) is 27.1. The maximum absolute atomic E-state index is 6.05. The number of hydrogen-bond acceptors (Lipinski definition) is 2. The Kier molecular flexibility index (Phi) is 4.79. The van der Waals surface area contributed by atoms with Crippen molar-refractivity contribution >= 4 is 0 Å². The quantitative estimate of drug-likeness (QED) is 0.885. The third-order valence-corrected chi connectivity index (χ3v) is 4.22. The fourth-order valence-electron chi connectivity index (χ4n) is 3.15. The second-order valence-corrected chi connectivity index (χ2v) is 5.62. The third kappa shape index (κ3) is 3.33. The lowest BCUT2D eigenvalue weighted by Crippen LogP contribution is -2.50. The molecule has 100 valence electrons. The summed E-state index contributed by atoms with van der Waals surface area (Å²) in [7, 11) is 0. The van der Waals surface area contributed by atoms with Crippen LogP contribution in [-0.2, 0) is 6.42 Å². The third-order valence-electron chi connectivity index (χ3n) is 4.22. The van der Waals surface area contributed by atoms with Crippen molar-refractivity contribution in [3.63, 3.8) is 0 Å². The molecule has 0 radical (unpaired) electrons.